The highest BCUT2D eigenvalue weighted by Crippen LogP contribution is 2.26. The van der Waals surface area contributed by atoms with Gasteiger partial charge in [-0.05, 0) is 120 Å². The summed E-state index contributed by atoms with van der Waals surface area (Å²) in [7, 11) is 9.98. The van der Waals surface area contributed by atoms with Crippen LogP contribution in [0.3, 0.4) is 0 Å². The summed E-state index contributed by atoms with van der Waals surface area (Å²) in [4.78, 5) is 171. The number of rotatable bonds is 19. The minimum atomic E-state index is -1.65. The first-order valence-electron chi connectivity index (χ1n) is 33.9. The zero-order valence-electron chi connectivity index (χ0n) is 61.6. The van der Waals surface area contributed by atoms with E-state index in [2.05, 4.69) is 21.3 Å². The first kappa shape index (κ1) is 83.4. The van der Waals surface area contributed by atoms with Crippen LogP contribution in [-0.2, 0) is 64.1 Å². The Morgan fingerprint density at radius 2 is 0.915 bits per heavy atom. The molecule has 0 radical (unpaired) electrons. The van der Waals surface area contributed by atoms with Gasteiger partial charge in [0.25, 0.3) is 0 Å². The van der Waals surface area contributed by atoms with Crippen molar-refractivity contribution in [1.29, 1.82) is 0 Å². The van der Waals surface area contributed by atoms with Gasteiger partial charge in [0, 0.05) is 55.9 Å². The van der Waals surface area contributed by atoms with Crippen LogP contribution < -0.4 is 21.3 Å². The topological polar surface area (TPSA) is 288 Å². The van der Waals surface area contributed by atoms with Crippen molar-refractivity contribution in [2.45, 2.75) is 249 Å². The number of hydrogen-bond acceptors (Lipinski definition) is 13. The molecule has 0 spiro atoms. The fourth-order valence-corrected chi connectivity index (χ4v) is 12.1. The molecular weight excluding hydrogens is 1200 g/mol. The number of carbonyl (C=O) groups excluding carboxylic acids is 11. The summed E-state index contributed by atoms with van der Waals surface area (Å²) in [5.41, 5.74) is 2.08. The fraction of sp³-hybridized carbons (Fsp3) is 0.757. The van der Waals surface area contributed by atoms with Gasteiger partial charge in [0.2, 0.25) is 65.0 Å². The van der Waals surface area contributed by atoms with E-state index in [9.17, 15) is 38.7 Å². The second kappa shape index (κ2) is 38.2. The lowest BCUT2D eigenvalue weighted by Crippen LogP contribution is -2.64. The Labute approximate surface area is 562 Å². The number of amides is 11. The molecule has 94 heavy (non-hydrogen) atoms. The molecule has 5 N–H and O–H groups in total. The van der Waals surface area contributed by atoms with Crippen molar-refractivity contribution in [3.05, 3.63) is 35.4 Å². The van der Waals surface area contributed by atoms with E-state index in [4.69, 9.17) is 4.74 Å². The van der Waals surface area contributed by atoms with Gasteiger partial charge in [-0.15, -0.1) is 0 Å². The Balaban J connectivity index is 2.98. The number of ether oxygens (including phenoxy) is 1. The first-order valence-corrected chi connectivity index (χ1v) is 33.9. The molecule has 0 saturated carbocycles. The molecule has 534 valence electrons. The van der Waals surface area contributed by atoms with Crippen LogP contribution in [0.25, 0.3) is 0 Å². The third-order valence-electron chi connectivity index (χ3n) is 18.1. The average Bonchev–Trinajstić information content (AvgIpc) is 0.811. The molecule has 1 saturated heterocycles. The molecule has 0 aromatic heterocycles. The molecule has 1 aromatic carbocycles. The summed E-state index contributed by atoms with van der Waals surface area (Å²) in [6, 6.07) is -5.85. The van der Waals surface area contributed by atoms with Crippen LogP contribution in [0.4, 0.5) is 0 Å². The SMILES string of the molecule is CC[C@@H]1NC(=O)[C@H]([C@H](O)[C@H](C)CCCOCc2cccc(C)c2)N(C)C(=O)[C@H](C(C)C)N(C)C(=O)[C@H](CC(C)C)N(C)C(=O)[C@H](CC(C)C)N(C)C(=O)[C@@H](C)NC(=O)[C@H](C)NC(=O)[C@H](CC(C)C)N(C)C(=O)[C@H](C(C)C)NC(=O)[C@H](CC(C)C)N(C)C(=O)[C@@H](C)N(C)C1=O. The van der Waals surface area contributed by atoms with Gasteiger partial charge < -0.3 is 65.4 Å². The van der Waals surface area contributed by atoms with Crippen molar-refractivity contribution < 1.29 is 62.6 Å². The minimum Gasteiger partial charge on any atom is -0.390 e. The normalized spacial score (nSPS) is 26.1. The second-order valence-corrected chi connectivity index (χ2v) is 28.8. The number of aryl methyl sites for hydroxylation is 1. The van der Waals surface area contributed by atoms with Crippen LogP contribution in [0.2, 0.25) is 0 Å². The van der Waals surface area contributed by atoms with Crippen LogP contribution in [0, 0.1) is 48.3 Å². The van der Waals surface area contributed by atoms with Gasteiger partial charge in [-0.3, -0.25) is 52.7 Å². The maximum Gasteiger partial charge on any atom is 0.246 e. The van der Waals surface area contributed by atoms with Gasteiger partial charge in [0.15, 0.2) is 0 Å². The van der Waals surface area contributed by atoms with Gasteiger partial charge in [-0.2, -0.15) is 0 Å². The van der Waals surface area contributed by atoms with Crippen molar-refractivity contribution in [3.8, 4) is 0 Å². The number of benzene rings is 1. The molecule has 2 rings (SSSR count). The molecule has 1 heterocycles. The largest absolute Gasteiger partial charge is 0.390 e. The Hall–Kier alpha value is -6.69. The Morgan fingerprint density at radius 1 is 0.468 bits per heavy atom. The number of nitrogens with one attached hydrogen (secondary N) is 4. The predicted molar refractivity (Wildman–Crippen MR) is 364 cm³/mol. The van der Waals surface area contributed by atoms with Gasteiger partial charge in [0.1, 0.15) is 66.5 Å². The monoisotopic (exact) mass is 1320 g/mol. The van der Waals surface area contributed by atoms with Crippen molar-refractivity contribution in [2.24, 2.45) is 41.4 Å². The van der Waals surface area contributed by atoms with E-state index in [0.29, 0.717) is 26.1 Å². The summed E-state index contributed by atoms with van der Waals surface area (Å²) in [6.07, 6.45) is -0.149. The van der Waals surface area contributed by atoms with E-state index < -0.39 is 155 Å². The fourth-order valence-electron chi connectivity index (χ4n) is 12.1. The number of aliphatic hydroxyl groups is 1. The molecule has 11 amide bonds. The molecule has 0 bridgehead atoms. The third-order valence-corrected chi connectivity index (χ3v) is 18.1. The van der Waals surface area contributed by atoms with Gasteiger partial charge in [-0.25, -0.2) is 0 Å². The van der Waals surface area contributed by atoms with Crippen LogP contribution in [0.1, 0.15) is 174 Å². The van der Waals surface area contributed by atoms with E-state index in [1.807, 2.05) is 86.6 Å². The number of hydrogen-bond donors (Lipinski definition) is 5. The Bertz CT molecular complexity index is 2720. The zero-order valence-corrected chi connectivity index (χ0v) is 61.6. The van der Waals surface area contributed by atoms with E-state index in [1.54, 1.807) is 41.5 Å². The first-order chi connectivity index (χ1) is 43.5. The molecule has 24 nitrogen and oxygen atoms in total. The summed E-state index contributed by atoms with van der Waals surface area (Å²) in [5.74, 6) is -9.90. The van der Waals surface area contributed by atoms with E-state index in [1.165, 1.54) is 94.6 Å². The summed E-state index contributed by atoms with van der Waals surface area (Å²) in [5, 5.41) is 23.5. The molecule has 13 atom stereocenters. The molecule has 1 fully saturated rings. The third kappa shape index (κ3) is 23.3. The standard InChI is InChI=1S/C70H121N11O13/c1-26-51-66(89)75(19)49(18)65(88)76(20)53(34-40(4)5)62(85)74-56(43(10)11)69(92)77(21)52(33-39(2)3)61(84)71-47(16)60(83)72-48(17)64(87)78(22)54(35-41(6)7)67(90)79(23)55(36-42(8)9)68(91)80(24)57(44(12)13)70(93)81(25)58(63(86)73-51)59(82)46(15)30-28-32-94-38-50-31-27-29-45(14)37-50/h27,29,31,37,39-44,46-49,51-59,82H,26,28,30,32-36,38H2,1-25H3,(H,71,84)(H,72,83)(H,73,86)(H,74,85)/t46-,47+,48-,49-,51+,52+,53+,54+,55+,56+,57+,58+,59-/m1/s1. The molecule has 1 aliphatic rings. The highest BCUT2D eigenvalue weighted by Gasteiger charge is 2.46. The minimum absolute atomic E-state index is 0.00147. The average molecular weight is 1320 g/mol. The molecular formula is C70H121N11O13. The van der Waals surface area contributed by atoms with Gasteiger partial charge in [0.05, 0.1) is 12.7 Å². The molecule has 1 aromatic rings. The van der Waals surface area contributed by atoms with Crippen molar-refractivity contribution in [1.82, 2.24) is 55.6 Å². The smallest absolute Gasteiger partial charge is 0.246 e. The number of aliphatic hydroxyl groups excluding tert-OH is 1. The lowest BCUT2D eigenvalue weighted by Gasteiger charge is -2.41. The van der Waals surface area contributed by atoms with E-state index in [0.717, 1.165) is 20.9 Å². The second-order valence-electron chi connectivity index (χ2n) is 28.8. The molecule has 1 aliphatic heterocycles. The highest BCUT2D eigenvalue weighted by atomic mass is 16.5. The number of nitrogens with zero attached hydrogens (tertiary/aromatic N) is 7. The van der Waals surface area contributed by atoms with Crippen molar-refractivity contribution in [3.63, 3.8) is 0 Å². The summed E-state index contributed by atoms with van der Waals surface area (Å²) < 4.78 is 6.00. The van der Waals surface area contributed by atoms with E-state index >= 15 is 19.2 Å². The van der Waals surface area contributed by atoms with Crippen molar-refractivity contribution in [2.75, 3.05) is 55.9 Å². The van der Waals surface area contributed by atoms with Gasteiger partial charge >= 0.3 is 0 Å². The van der Waals surface area contributed by atoms with E-state index in [-0.39, 0.29) is 55.8 Å². The Morgan fingerprint density at radius 3 is 1.39 bits per heavy atom. The predicted octanol–water partition coefficient (Wildman–Crippen LogP) is 5.00. The zero-order chi connectivity index (χ0) is 72.2. The van der Waals surface area contributed by atoms with Crippen LogP contribution >= 0.6 is 0 Å². The van der Waals surface area contributed by atoms with Gasteiger partial charge in [-0.1, -0.05) is 127 Å². The number of likely N-dealkylation sites (N-methyl/N-ethyl adjacent to an activating group) is 7. The maximum absolute atomic E-state index is 15.4. The summed E-state index contributed by atoms with van der Waals surface area (Å²) >= 11 is 0. The quantitative estimate of drug-likeness (QED) is 0.114. The number of carbonyl (C=O) groups is 11. The summed E-state index contributed by atoms with van der Waals surface area (Å²) in [6.45, 7) is 32.3. The molecule has 24 heteroatoms. The Kier molecular flexibility index (Phi) is 33.9. The van der Waals surface area contributed by atoms with Crippen LogP contribution in [0.5, 0.6) is 0 Å². The van der Waals surface area contributed by atoms with Crippen LogP contribution in [0.15, 0.2) is 24.3 Å². The highest BCUT2D eigenvalue weighted by molar-refractivity contribution is 6.00. The lowest BCUT2D eigenvalue weighted by atomic mass is 9.90. The van der Waals surface area contributed by atoms with Crippen molar-refractivity contribution >= 4 is 65.0 Å². The lowest BCUT2D eigenvalue weighted by molar-refractivity contribution is -0.157. The van der Waals surface area contributed by atoms with Crippen LogP contribution in [-0.4, -0.2) is 233 Å². The molecule has 0 aliphatic carbocycles. The molecule has 0 unspecified atom stereocenters. The maximum atomic E-state index is 15.4.